The fourth-order valence-electron chi connectivity index (χ4n) is 2.18. The maximum absolute atomic E-state index is 13.5. The minimum Gasteiger partial charge on any atom is -0.493 e. The van der Waals surface area contributed by atoms with Crippen LogP contribution in [-0.2, 0) is 5.54 Å². The summed E-state index contributed by atoms with van der Waals surface area (Å²) in [7, 11) is 1.47. The van der Waals surface area contributed by atoms with E-state index in [9.17, 15) is 4.39 Å². The van der Waals surface area contributed by atoms with Gasteiger partial charge in [0.2, 0.25) is 0 Å². The molecule has 1 saturated carbocycles. The molecular weight excluding hydrogens is 193 g/mol. The highest BCUT2D eigenvalue weighted by molar-refractivity contribution is 5.46. The van der Waals surface area contributed by atoms with Gasteiger partial charge in [-0.3, -0.25) is 0 Å². The van der Waals surface area contributed by atoms with E-state index in [0.717, 1.165) is 12.0 Å². The highest BCUT2D eigenvalue weighted by Gasteiger charge is 2.60. The Balaban J connectivity index is 2.51. The molecule has 0 radical (unpaired) electrons. The van der Waals surface area contributed by atoms with Crippen molar-refractivity contribution in [3.63, 3.8) is 0 Å². The Hall–Kier alpha value is -1.09. The van der Waals surface area contributed by atoms with Crippen molar-refractivity contribution < 1.29 is 9.13 Å². The lowest BCUT2D eigenvalue weighted by Gasteiger charge is -2.18. The maximum atomic E-state index is 13.5. The van der Waals surface area contributed by atoms with Gasteiger partial charge >= 0.3 is 0 Å². The van der Waals surface area contributed by atoms with Crippen molar-refractivity contribution in [2.75, 3.05) is 7.11 Å². The Morgan fingerprint density at radius 3 is 2.47 bits per heavy atom. The zero-order valence-corrected chi connectivity index (χ0v) is 9.30. The van der Waals surface area contributed by atoms with Crippen molar-refractivity contribution in [2.24, 2.45) is 11.1 Å². The fourth-order valence-corrected chi connectivity index (χ4v) is 2.18. The summed E-state index contributed by atoms with van der Waals surface area (Å²) in [6.45, 7) is 4.16. The van der Waals surface area contributed by atoms with E-state index in [1.54, 1.807) is 6.07 Å². The Morgan fingerprint density at radius 2 is 2.00 bits per heavy atom. The Bertz CT molecular complexity index is 403. The number of hydrogen-bond acceptors (Lipinski definition) is 2. The standard InChI is InChI=1S/C12H16FNO/c1-11(2)7-12(11,14)8-5-4-6-9(13)10(8)15-3/h4-6H,7,14H2,1-3H3. The molecule has 2 N–H and O–H groups in total. The lowest BCUT2D eigenvalue weighted by molar-refractivity contribution is 0.370. The number of benzene rings is 1. The average Bonchev–Trinajstić information content (AvgIpc) is 2.67. The summed E-state index contributed by atoms with van der Waals surface area (Å²) in [5, 5.41) is 0. The van der Waals surface area contributed by atoms with Gasteiger partial charge < -0.3 is 10.5 Å². The van der Waals surface area contributed by atoms with Crippen LogP contribution in [0.1, 0.15) is 25.8 Å². The highest BCUT2D eigenvalue weighted by atomic mass is 19.1. The van der Waals surface area contributed by atoms with Gasteiger partial charge in [0.15, 0.2) is 11.6 Å². The van der Waals surface area contributed by atoms with E-state index in [0.29, 0.717) is 0 Å². The molecule has 1 unspecified atom stereocenters. The zero-order chi connectivity index (χ0) is 11.3. The van der Waals surface area contributed by atoms with Gasteiger partial charge in [0.25, 0.3) is 0 Å². The van der Waals surface area contributed by atoms with Crippen molar-refractivity contribution >= 4 is 0 Å². The summed E-state index contributed by atoms with van der Waals surface area (Å²) in [5.41, 5.74) is 6.60. The molecule has 1 aromatic carbocycles. The van der Waals surface area contributed by atoms with Gasteiger partial charge in [-0.05, 0) is 17.9 Å². The molecule has 1 aromatic rings. The van der Waals surface area contributed by atoms with E-state index in [-0.39, 0.29) is 17.0 Å². The Kier molecular flexibility index (Phi) is 2.05. The maximum Gasteiger partial charge on any atom is 0.165 e. The van der Waals surface area contributed by atoms with Gasteiger partial charge in [-0.15, -0.1) is 0 Å². The van der Waals surface area contributed by atoms with Crippen LogP contribution in [0, 0.1) is 11.2 Å². The third-order valence-corrected chi connectivity index (χ3v) is 3.46. The summed E-state index contributed by atoms with van der Waals surface area (Å²) in [6, 6.07) is 4.91. The topological polar surface area (TPSA) is 35.2 Å². The van der Waals surface area contributed by atoms with Crippen LogP contribution in [0.15, 0.2) is 18.2 Å². The molecule has 1 aliphatic rings. The lowest BCUT2D eigenvalue weighted by atomic mass is 9.96. The normalized spacial score (nSPS) is 27.5. The molecule has 2 rings (SSSR count). The minimum absolute atomic E-state index is 0.0219. The van der Waals surface area contributed by atoms with Crippen molar-refractivity contribution in [1.82, 2.24) is 0 Å². The molecule has 0 amide bonds. The minimum atomic E-state index is -0.444. The first kappa shape index (κ1) is 10.4. The summed E-state index contributed by atoms with van der Waals surface area (Å²) in [5.74, 6) is -0.0619. The third kappa shape index (κ3) is 1.34. The molecule has 3 heteroatoms. The SMILES string of the molecule is COc1c(F)cccc1C1(N)CC1(C)C. The number of ether oxygens (including phenoxy) is 1. The Morgan fingerprint density at radius 1 is 1.40 bits per heavy atom. The molecule has 15 heavy (non-hydrogen) atoms. The van der Waals surface area contributed by atoms with Crippen molar-refractivity contribution in [1.29, 1.82) is 0 Å². The Labute approximate surface area is 89.2 Å². The number of nitrogens with two attached hydrogens (primary N) is 1. The zero-order valence-electron chi connectivity index (χ0n) is 9.30. The van der Waals surface area contributed by atoms with Gasteiger partial charge in [-0.25, -0.2) is 4.39 Å². The molecule has 1 fully saturated rings. The van der Waals surface area contributed by atoms with Gasteiger partial charge in [-0.1, -0.05) is 26.0 Å². The van der Waals surface area contributed by atoms with Crippen molar-refractivity contribution in [3.05, 3.63) is 29.6 Å². The molecule has 0 aromatic heterocycles. The molecular formula is C12H16FNO. The van der Waals surface area contributed by atoms with E-state index in [4.69, 9.17) is 10.5 Å². The van der Waals surface area contributed by atoms with Gasteiger partial charge in [0.05, 0.1) is 12.6 Å². The summed E-state index contributed by atoms with van der Waals surface area (Å²) in [6.07, 6.45) is 0.861. The largest absolute Gasteiger partial charge is 0.493 e. The first-order chi connectivity index (χ1) is 6.92. The van der Waals surface area contributed by atoms with Crippen LogP contribution in [0.25, 0.3) is 0 Å². The smallest absolute Gasteiger partial charge is 0.165 e. The summed E-state index contributed by atoms with van der Waals surface area (Å²) in [4.78, 5) is 0. The molecule has 0 bridgehead atoms. The number of methoxy groups -OCH3 is 1. The monoisotopic (exact) mass is 209 g/mol. The first-order valence-electron chi connectivity index (χ1n) is 5.04. The van der Waals surface area contributed by atoms with Crippen molar-refractivity contribution in [2.45, 2.75) is 25.8 Å². The molecule has 0 saturated heterocycles. The second-order valence-corrected chi connectivity index (χ2v) is 4.85. The third-order valence-electron chi connectivity index (χ3n) is 3.46. The average molecular weight is 209 g/mol. The van der Waals surface area contributed by atoms with Crippen LogP contribution in [0.5, 0.6) is 5.75 Å². The number of para-hydroxylation sites is 1. The summed E-state index contributed by atoms with van der Waals surface area (Å²) < 4.78 is 18.6. The van der Waals surface area contributed by atoms with Crippen LogP contribution in [0.2, 0.25) is 0 Å². The first-order valence-corrected chi connectivity index (χ1v) is 5.04. The summed E-state index contributed by atoms with van der Waals surface area (Å²) >= 11 is 0. The predicted molar refractivity (Wildman–Crippen MR) is 57.2 cm³/mol. The quantitative estimate of drug-likeness (QED) is 0.811. The highest BCUT2D eigenvalue weighted by Crippen LogP contribution is 2.62. The number of hydrogen-bond donors (Lipinski definition) is 1. The van der Waals surface area contributed by atoms with Gasteiger partial charge in [-0.2, -0.15) is 0 Å². The lowest BCUT2D eigenvalue weighted by Crippen LogP contribution is -2.26. The predicted octanol–water partition coefficient (Wildman–Crippen LogP) is 2.42. The molecule has 2 nitrogen and oxygen atoms in total. The van der Waals surface area contributed by atoms with Crippen LogP contribution in [-0.4, -0.2) is 7.11 Å². The molecule has 0 heterocycles. The van der Waals surface area contributed by atoms with Crippen LogP contribution in [0.3, 0.4) is 0 Å². The molecule has 1 aliphatic carbocycles. The van der Waals surface area contributed by atoms with E-state index in [1.165, 1.54) is 13.2 Å². The van der Waals surface area contributed by atoms with E-state index in [2.05, 4.69) is 13.8 Å². The van der Waals surface area contributed by atoms with Crippen LogP contribution < -0.4 is 10.5 Å². The molecule has 82 valence electrons. The van der Waals surface area contributed by atoms with Crippen LogP contribution >= 0.6 is 0 Å². The molecule has 0 spiro atoms. The van der Waals surface area contributed by atoms with Crippen molar-refractivity contribution in [3.8, 4) is 5.75 Å². The fraction of sp³-hybridized carbons (Fsp3) is 0.500. The van der Waals surface area contributed by atoms with E-state index in [1.807, 2.05) is 6.07 Å². The van der Waals surface area contributed by atoms with Crippen LogP contribution in [0.4, 0.5) is 4.39 Å². The second-order valence-electron chi connectivity index (χ2n) is 4.85. The number of halogens is 1. The van der Waals surface area contributed by atoms with Gasteiger partial charge in [0, 0.05) is 5.56 Å². The second kappa shape index (κ2) is 2.95. The molecule has 1 atom stereocenters. The number of rotatable bonds is 2. The van der Waals surface area contributed by atoms with E-state index < -0.39 is 5.54 Å². The van der Waals surface area contributed by atoms with E-state index >= 15 is 0 Å². The molecule has 0 aliphatic heterocycles. The van der Waals surface area contributed by atoms with Gasteiger partial charge in [0.1, 0.15) is 0 Å².